The highest BCUT2D eigenvalue weighted by Crippen LogP contribution is 1.90. The van der Waals surface area contributed by atoms with E-state index in [2.05, 4.69) is 5.32 Å². The van der Waals surface area contributed by atoms with Crippen LogP contribution in [-0.2, 0) is 4.74 Å². The van der Waals surface area contributed by atoms with E-state index in [1.165, 1.54) is 0 Å². The van der Waals surface area contributed by atoms with Crippen molar-refractivity contribution in [1.82, 2.24) is 5.32 Å². The van der Waals surface area contributed by atoms with E-state index in [9.17, 15) is 0 Å². The van der Waals surface area contributed by atoms with E-state index in [0.29, 0.717) is 6.61 Å². The summed E-state index contributed by atoms with van der Waals surface area (Å²) in [5, 5.41) is 11.4. The average Bonchev–Trinajstić information content (AvgIpc) is 1.90. The van der Waals surface area contributed by atoms with Crippen molar-refractivity contribution in [2.75, 3.05) is 13.2 Å². The molecule has 0 saturated heterocycles. The van der Waals surface area contributed by atoms with Crippen LogP contribution in [0, 0.1) is 0 Å². The summed E-state index contributed by atoms with van der Waals surface area (Å²) in [7, 11) is 0. The van der Waals surface area contributed by atoms with Gasteiger partial charge in [-0.15, -0.1) is 0 Å². The van der Waals surface area contributed by atoms with Gasteiger partial charge >= 0.3 is 0 Å². The van der Waals surface area contributed by atoms with Gasteiger partial charge in [0.2, 0.25) is 0 Å². The predicted octanol–water partition coefficient (Wildman–Crippen LogP) is -0.562. The number of aliphatic hydroxyl groups is 1. The van der Waals surface area contributed by atoms with Gasteiger partial charge in [0.1, 0.15) is 6.61 Å². The molecule has 46 valence electrons. The van der Waals surface area contributed by atoms with E-state index in [1.807, 2.05) is 0 Å². The first kappa shape index (κ1) is 5.44. The molecule has 0 radical (unpaired) electrons. The Kier molecular flexibility index (Phi) is 1.75. The van der Waals surface area contributed by atoms with Gasteiger partial charge in [-0.05, 0) is 0 Å². The van der Waals surface area contributed by atoms with Crippen LogP contribution < -0.4 is 5.32 Å². The first-order chi connectivity index (χ1) is 3.93. The molecular weight excluding hydrogens is 106 g/mol. The summed E-state index contributed by atoms with van der Waals surface area (Å²) < 4.78 is 4.87. The van der Waals surface area contributed by atoms with Crippen molar-refractivity contribution in [2.24, 2.45) is 0 Å². The summed E-state index contributed by atoms with van der Waals surface area (Å²) >= 11 is 0. The van der Waals surface area contributed by atoms with Crippen molar-refractivity contribution in [1.29, 1.82) is 0 Å². The molecule has 3 heteroatoms. The molecule has 1 aliphatic rings. The molecule has 2 N–H and O–H groups in total. The van der Waals surface area contributed by atoms with Crippen molar-refractivity contribution >= 4 is 0 Å². The number of hydrogen-bond donors (Lipinski definition) is 2. The number of rotatable bonds is 1. The maximum absolute atomic E-state index is 8.51. The second kappa shape index (κ2) is 2.57. The minimum Gasteiger partial charge on any atom is -0.497 e. The fourth-order valence-corrected chi connectivity index (χ4v) is 0.549. The lowest BCUT2D eigenvalue weighted by molar-refractivity contribution is 0.147. The smallest absolute Gasteiger partial charge is 0.110 e. The van der Waals surface area contributed by atoms with Crippen LogP contribution in [-0.4, -0.2) is 24.4 Å². The number of ether oxygens (including phenoxy) is 1. The zero-order chi connectivity index (χ0) is 5.82. The Labute approximate surface area is 48.0 Å². The molecule has 0 saturated carbocycles. The Bertz CT molecular complexity index is 92.4. The first-order valence-electron chi connectivity index (χ1n) is 2.57. The minimum atomic E-state index is 0.0833. The highest BCUT2D eigenvalue weighted by atomic mass is 16.5. The van der Waals surface area contributed by atoms with Gasteiger partial charge in [-0.2, -0.15) is 0 Å². The van der Waals surface area contributed by atoms with Gasteiger partial charge in [0.05, 0.1) is 18.9 Å². The van der Waals surface area contributed by atoms with Crippen LogP contribution in [0.25, 0.3) is 0 Å². The molecule has 1 aliphatic heterocycles. The van der Waals surface area contributed by atoms with Crippen molar-refractivity contribution in [3.05, 3.63) is 12.5 Å². The average molecular weight is 115 g/mol. The quantitative estimate of drug-likeness (QED) is 0.481. The van der Waals surface area contributed by atoms with Crippen LogP contribution in [0.4, 0.5) is 0 Å². The number of hydrogen-bond acceptors (Lipinski definition) is 3. The molecule has 0 spiro atoms. The normalized spacial score (nSPS) is 26.4. The second-order valence-corrected chi connectivity index (χ2v) is 1.68. The number of nitrogens with one attached hydrogen (secondary N) is 1. The Morgan fingerprint density at radius 1 is 1.88 bits per heavy atom. The largest absolute Gasteiger partial charge is 0.497 e. The van der Waals surface area contributed by atoms with E-state index < -0.39 is 0 Å². The van der Waals surface area contributed by atoms with E-state index >= 15 is 0 Å². The van der Waals surface area contributed by atoms with Crippen LogP contribution in [0.3, 0.4) is 0 Å². The summed E-state index contributed by atoms with van der Waals surface area (Å²) in [4.78, 5) is 0. The zero-order valence-corrected chi connectivity index (χ0v) is 4.50. The fourth-order valence-electron chi connectivity index (χ4n) is 0.549. The van der Waals surface area contributed by atoms with Gasteiger partial charge in [-0.1, -0.05) is 0 Å². The maximum Gasteiger partial charge on any atom is 0.110 e. The van der Waals surface area contributed by atoms with Gasteiger partial charge in [0, 0.05) is 6.20 Å². The standard InChI is InChI=1S/C5H9NO2/c7-3-5-4-8-2-1-6-5/h1-2,5-7H,3-4H2. The molecule has 3 nitrogen and oxygen atoms in total. The van der Waals surface area contributed by atoms with Crippen LogP contribution in [0.2, 0.25) is 0 Å². The molecule has 1 unspecified atom stereocenters. The summed E-state index contributed by atoms with van der Waals surface area (Å²) in [5.41, 5.74) is 0. The van der Waals surface area contributed by atoms with Crippen LogP contribution in [0.1, 0.15) is 0 Å². The number of aliphatic hydroxyl groups excluding tert-OH is 1. The molecule has 1 rings (SSSR count). The molecule has 1 atom stereocenters. The Morgan fingerprint density at radius 3 is 3.12 bits per heavy atom. The maximum atomic E-state index is 8.51. The molecule has 8 heavy (non-hydrogen) atoms. The SMILES string of the molecule is OCC1COC=CN1. The third-order valence-electron chi connectivity index (χ3n) is 1.01. The van der Waals surface area contributed by atoms with Crippen LogP contribution in [0.15, 0.2) is 12.5 Å². The summed E-state index contributed by atoms with van der Waals surface area (Å²) in [6, 6.07) is 0.0833. The lowest BCUT2D eigenvalue weighted by Gasteiger charge is -2.17. The fraction of sp³-hybridized carbons (Fsp3) is 0.600. The highest BCUT2D eigenvalue weighted by molar-refractivity contribution is 4.82. The molecule has 0 fully saturated rings. The first-order valence-corrected chi connectivity index (χ1v) is 2.57. The van der Waals surface area contributed by atoms with Crippen molar-refractivity contribution in [3.63, 3.8) is 0 Å². The summed E-state index contributed by atoms with van der Waals surface area (Å²) in [6.45, 7) is 0.692. The Hall–Kier alpha value is -0.700. The van der Waals surface area contributed by atoms with E-state index in [0.717, 1.165) is 0 Å². The third kappa shape index (κ3) is 1.13. The van der Waals surface area contributed by atoms with Crippen molar-refractivity contribution < 1.29 is 9.84 Å². The predicted molar refractivity (Wildman–Crippen MR) is 29.1 cm³/mol. The van der Waals surface area contributed by atoms with Crippen molar-refractivity contribution in [3.8, 4) is 0 Å². The molecule has 0 aliphatic carbocycles. The van der Waals surface area contributed by atoms with Gasteiger partial charge in [-0.25, -0.2) is 0 Å². The topological polar surface area (TPSA) is 41.5 Å². The van der Waals surface area contributed by atoms with E-state index in [-0.39, 0.29) is 12.6 Å². The van der Waals surface area contributed by atoms with Crippen LogP contribution in [0.5, 0.6) is 0 Å². The Balaban J connectivity index is 2.27. The molecule has 1 heterocycles. The van der Waals surface area contributed by atoms with E-state index in [1.54, 1.807) is 12.5 Å². The zero-order valence-electron chi connectivity index (χ0n) is 4.50. The van der Waals surface area contributed by atoms with E-state index in [4.69, 9.17) is 9.84 Å². The van der Waals surface area contributed by atoms with Gasteiger partial charge in [0.15, 0.2) is 0 Å². The van der Waals surface area contributed by atoms with Gasteiger partial charge in [0.25, 0.3) is 0 Å². The molecule has 0 aromatic rings. The lowest BCUT2D eigenvalue weighted by Crippen LogP contribution is -2.34. The molecular formula is C5H9NO2. The second-order valence-electron chi connectivity index (χ2n) is 1.68. The highest BCUT2D eigenvalue weighted by Gasteiger charge is 2.05. The third-order valence-corrected chi connectivity index (χ3v) is 1.01. The summed E-state index contributed by atoms with van der Waals surface area (Å²) in [5.74, 6) is 0. The van der Waals surface area contributed by atoms with Gasteiger partial charge < -0.3 is 15.2 Å². The van der Waals surface area contributed by atoms with Crippen LogP contribution >= 0.6 is 0 Å². The molecule has 0 bridgehead atoms. The summed E-state index contributed by atoms with van der Waals surface area (Å²) in [6.07, 6.45) is 3.26. The minimum absolute atomic E-state index is 0.0833. The molecule has 0 aromatic carbocycles. The molecule has 0 aromatic heterocycles. The molecule has 0 amide bonds. The van der Waals surface area contributed by atoms with Gasteiger partial charge in [-0.3, -0.25) is 0 Å². The Morgan fingerprint density at radius 2 is 2.75 bits per heavy atom. The lowest BCUT2D eigenvalue weighted by atomic mass is 10.3. The van der Waals surface area contributed by atoms with Crippen molar-refractivity contribution in [2.45, 2.75) is 6.04 Å². The monoisotopic (exact) mass is 115 g/mol.